The van der Waals surface area contributed by atoms with Crippen molar-refractivity contribution in [2.75, 3.05) is 10.8 Å². The number of nitrogens with zero attached hydrogens (tertiary/aromatic N) is 2. The third kappa shape index (κ3) is 8.74. The van der Waals surface area contributed by atoms with Crippen LogP contribution < -0.4 is 9.62 Å². The SMILES string of the molecule is CCC(C)NC(=O)C(Cc1ccccc1)N(Cc1ccccc1Cl)C(=O)CN(c1cccc(C)c1)S(=O)(=O)c1ccc(C)cc1. The number of hydrogen-bond acceptors (Lipinski definition) is 4. The number of sulfonamides is 1. The quantitative estimate of drug-likeness (QED) is 0.175. The van der Waals surface area contributed by atoms with E-state index in [1.807, 2.05) is 70.2 Å². The summed E-state index contributed by atoms with van der Waals surface area (Å²) in [4.78, 5) is 30.0. The third-order valence-electron chi connectivity index (χ3n) is 7.75. The predicted molar refractivity (Wildman–Crippen MR) is 181 cm³/mol. The second-order valence-corrected chi connectivity index (χ2v) is 13.6. The van der Waals surface area contributed by atoms with Crippen LogP contribution in [0, 0.1) is 13.8 Å². The highest BCUT2D eigenvalue weighted by Gasteiger charge is 2.35. The zero-order valence-corrected chi connectivity index (χ0v) is 27.7. The molecule has 9 heteroatoms. The molecule has 2 atom stereocenters. The predicted octanol–water partition coefficient (Wildman–Crippen LogP) is 6.71. The highest BCUT2D eigenvalue weighted by atomic mass is 35.5. The zero-order chi connectivity index (χ0) is 32.6. The molecule has 0 fully saturated rings. The van der Waals surface area contributed by atoms with Crippen molar-refractivity contribution >= 4 is 39.1 Å². The van der Waals surface area contributed by atoms with Crippen LogP contribution in [0.15, 0.2) is 108 Å². The smallest absolute Gasteiger partial charge is 0.264 e. The number of halogens is 1. The van der Waals surface area contributed by atoms with Gasteiger partial charge in [-0.1, -0.05) is 96.9 Å². The first-order valence-corrected chi connectivity index (χ1v) is 16.8. The minimum Gasteiger partial charge on any atom is -0.352 e. The van der Waals surface area contributed by atoms with Crippen LogP contribution >= 0.6 is 11.6 Å². The second kappa shape index (κ2) is 15.2. The number of carbonyl (C=O) groups is 2. The highest BCUT2D eigenvalue weighted by Crippen LogP contribution is 2.27. The number of amides is 2. The molecule has 0 aromatic heterocycles. The van der Waals surface area contributed by atoms with E-state index in [9.17, 15) is 18.0 Å². The average molecular weight is 646 g/mol. The lowest BCUT2D eigenvalue weighted by Crippen LogP contribution is -2.54. The van der Waals surface area contributed by atoms with E-state index in [4.69, 9.17) is 11.6 Å². The van der Waals surface area contributed by atoms with Crippen LogP contribution in [0.2, 0.25) is 5.02 Å². The van der Waals surface area contributed by atoms with Crippen LogP contribution in [0.1, 0.15) is 42.5 Å². The molecule has 0 aliphatic carbocycles. The van der Waals surface area contributed by atoms with Crippen molar-refractivity contribution in [3.8, 4) is 0 Å². The van der Waals surface area contributed by atoms with Crippen molar-refractivity contribution < 1.29 is 18.0 Å². The molecule has 2 amide bonds. The first kappa shape index (κ1) is 33.7. The monoisotopic (exact) mass is 645 g/mol. The maximum Gasteiger partial charge on any atom is 0.264 e. The topological polar surface area (TPSA) is 86.8 Å². The van der Waals surface area contributed by atoms with E-state index >= 15 is 0 Å². The molecule has 1 N–H and O–H groups in total. The maximum absolute atomic E-state index is 14.5. The normalized spacial score (nSPS) is 12.6. The highest BCUT2D eigenvalue weighted by molar-refractivity contribution is 7.92. The lowest BCUT2D eigenvalue weighted by molar-refractivity contribution is -0.140. The Labute approximate surface area is 271 Å². The number of carbonyl (C=O) groups excluding carboxylic acids is 2. The molecule has 0 aliphatic rings. The Balaban J connectivity index is 1.82. The molecular formula is C36H40ClN3O4S. The van der Waals surface area contributed by atoms with E-state index in [2.05, 4.69) is 5.32 Å². The molecule has 0 bridgehead atoms. The van der Waals surface area contributed by atoms with Crippen molar-refractivity contribution in [3.63, 3.8) is 0 Å². The number of aryl methyl sites for hydroxylation is 2. The third-order valence-corrected chi connectivity index (χ3v) is 9.90. The van der Waals surface area contributed by atoms with E-state index in [1.165, 1.54) is 17.0 Å². The van der Waals surface area contributed by atoms with Gasteiger partial charge in [0.1, 0.15) is 12.6 Å². The number of nitrogens with one attached hydrogen (secondary N) is 1. The van der Waals surface area contributed by atoms with Crippen LogP contribution in [0.25, 0.3) is 0 Å². The summed E-state index contributed by atoms with van der Waals surface area (Å²) in [6.07, 6.45) is 0.937. The number of anilines is 1. The van der Waals surface area contributed by atoms with E-state index in [0.717, 1.165) is 21.0 Å². The summed E-state index contributed by atoms with van der Waals surface area (Å²) < 4.78 is 29.4. The van der Waals surface area contributed by atoms with Gasteiger partial charge in [-0.25, -0.2) is 8.42 Å². The van der Waals surface area contributed by atoms with Crippen molar-refractivity contribution in [2.24, 2.45) is 0 Å². The number of hydrogen-bond donors (Lipinski definition) is 1. The van der Waals surface area contributed by atoms with Gasteiger partial charge < -0.3 is 10.2 Å². The van der Waals surface area contributed by atoms with Gasteiger partial charge in [-0.05, 0) is 74.2 Å². The molecule has 45 heavy (non-hydrogen) atoms. The standard InChI is InChI=1S/C36H40ClN3O4S/c1-5-28(4)38-36(42)34(23-29-13-7-6-8-14-29)39(24-30-15-9-10-17-33(30)37)35(41)25-40(31-16-11-12-27(3)22-31)45(43,44)32-20-18-26(2)19-21-32/h6-22,28,34H,5,23-25H2,1-4H3,(H,38,42). The van der Waals surface area contributed by atoms with Gasteiger partial charge in [0, 0.05) is 24.0 Å². The van der Waals surface area contributed by atoms with E-state index in [-0.39, 0.29) is 29.8 Å². The molecule has 4 aromatic rings. The molecule has 0 radical (unpaired) electrons. The van der Waals surface area contributed by atoms with Gasteiger partial charge in [0.05, 0.1) is 10.6 Å². The fourth-order valence-electron chi connectivity index (χ4n) is 4.95. The van der Waals surface area contributed by atoms with Gasteiger partial charge in [0.15, 0.2) is 0 Å². The van der Waals surface area contributed by atoms with Gasteiger partial charge in [-0.15, -0.1) is 0 Å². The number of rotatable bonds is 13. The van der Waals surface area contributed by atoms with E-state index in [0.29, 0.717) is 22.7 Å². The van der Waals surface area contributed by atoms with Crippen LogP contribution in [-0.4, -0.2) is 43.8 Å². The molecule has 236 valence electrons. The van der Waals surface area contributed by atoms with Crippen LogP contribution in [0.5, 0.6) is 0 Å². The first-order chi connectivity index (χ1) is 21.5. The summed E-state index contributed by atoms with van der Waals surface area (Å²) >= 11 is 6.56. The van der Waals surface area contributed by atoms with Gasteiger partial charge in [-0.2, -0.15) is 0 Å². The summed E-state index contributed by atoms with van der Waals surface area (Å²) in [5.41, 5.74) is 3.61. The average Bonchev–Trinajstić information content (AvgIpc) is 3.02. The largest absolute Gasteiger partial charge is 0.352 e. The van der Waals surface area contributed by atoms with E-state index < -0.39 is 28.5 Å². The summed E-state index contributed by atoms with van der Waals surface area (Å²) in [7, 11) is -4.17. The maximum atomic E-state index is 14.5. The lowest BCUT2D eigenvalue weighted by atomic mass is 10.0. The van der Waals surface area contributed by atoms with Gasteiger partial charge >= 0.3 is 0 Å². The molecule has 0 saturated carbocycles. The van der Waals surface area contributed by atoms with Crippen molar-refractivity contribution in [3.05, 3.63) is 130 Å². The molecule has 7 nitrogen and oxygen atoms in total. The Morgan fingerprint density at radius 1 is 0.844 bits per heavy atom. The first-order valence-electron chi connectivity index (χ1n) is 15.0. The van der Waals surface area contributed by atoms with Gasteiger partial charge in [0.2, 0.25) is 11.8 Å². The Morgan fingerprint density at radius 2 is 1.51 bits per heavy atom. The Morgan fingerprint density at radius 3 is 2.16 bits per heavy atom. The number of benzene rings is 4. The fourth-order valence-corrected chi connectivity index (χ4v) is 6.56. The molecule has 0 saturated heterocycles. The summed E-state index contributed by atoms with van der Waals surface area (Å²) in [6.45, 7) is 7.11. The summed E-state index contributed by atoms with van der Waals surface area (Å²) in [5, 5.41) is 3.49. The fraction of sp³-hybridized carbons (Fsp3) is 0.278. The zero-order valence-electron chi connectivity index (χ0n) is 26.1. The van der Waals surface area contributed by atoms with Gasteiger partial charge in [-0.3, -0.25) is 13.9 Å². The Hall–Kier alpha value is -4.14. The molecular weight excluding hydrogens is 606 g/mol. The Bertz CT molecular complexity index is 1710. The summed E-state index contributed by atoms with van der Waals surface area (Å²) in [5.74, 6) is -0.857. The second-order valence-electron chi connectivity index (χ2n) is 11.3. The lowest BCUT2D eigenvalue weighted by Gasteiger charge is -2.34. The molecule has 4 aromatic carbocycles. The molecule has 2 unspecified atom stereocenters. The van der Waals surface area contributed by atoms with Crippen LogP contribution in [0.3, 0.4) is 0 Å². The summed E-state index contributed by atoms with van der Waals surface area (Å²) in [6, 6.07) is 29.1. The molecule has 4 rings (SSSR count). The van der Waals surface area contributed by atoms with Crippen LogP contribution in [0.4, 0.5) is 5.69 Å². The molecule has 0 aliphatic heterocycles. The minimum atomic E-state index is -4.17. The van der Waals surface area contributed by atoms with Gasteiger partial charge in [0.25, 0.3) is 10.0 Å². The molecule has 0 spiro atoms. The minimum absolute atomic E-state index is 0.0101. The van der Waals surface area contributed by atoms with Crippen molar-refractivity contribution in [1.82, 2.24) is 10.2 Å². The molecule has 0 heterocycles. The van der Waals surface area contributed by atoms with E-state index in [1.54, 1.807) is 48.5 Å². The van der Waals surface area contributed by atoms with Crippen molar-refractivity contribution in [2.45, 2.75) is 64.1 Å². The van der Waals surface area contributed by atoms with Crippen molar-refractivity contribution in [1.29, 1.82) is 0 Å². The Kier molecular flexibility index (Phi) is 11.4. The van der Waals surface area contributed by atoms with Crippen LogP contribution in [-0.2, 0) is 32.6 Å².